The number of anilines is 2. The third-order valence-corrected chi connectivity index (χ3v) is 5.26. The normalized spacial score (nSPS) is 18.2. The molecule has 1 aliphatic heterocycles. The maximum absolute atomic E-state index is 11.9. The highest BCUT2D eigenvalue weighted by atomic mass is 35.5. The Balaban J connectivity index is 1.53. The van der Waals surface area contributed by atoms with Gasteiger partial charge in [-0.1, -0.05) is 23.7 Å². The number of hydrogen-bond acceptors (Lipinski definition) is 7. The number of aromatic nitrogens is 4. The number of imide groups is 1. The second-order valence-electron chi connectivity index (χ2n) is 7.51. The van der Waals surface area contributed by atoms with Crippen LogP contribution in [0.5, 0.6) is 0 Å². The number of nitrogens with one attached hydrogen (secondary N) is 4. The van der Waals surface area contributed by atoms with Gasteiger partial charge in [0.15, 0.2) is 5.65 Å². The molecular weight excluding hydrogens is 420 g/mol. The lowest BCUT2D eigenvalue weighted by molar-refractivity contribution is -0.115. The lowest BCUT2D eigenvalue weighted by atomic mass is 10.1. The average molecular weight is 439 g/mol. The summed E-state index contributed by atoms with van der Waals surface area (Å²) in [5, 5.41) is 16.3. The molecule has 4 N–H and O–H groups in total. The van der Waals surface area contributed by atoms with E-state index in [1.165, 1.54) is 0 Å². The topological polar surface area (TPSA) is 125 Å². The Hall–Kier alpha value is -3.66. The van der Waals surface area contributed by atoms with Crippen LogP contribution in [0.1, 0.15) is 36.9 Å². The third kappa shape index (κ3) is 4.02. The number of fused-ring (bicyclic) bond motifs is 1. The van der Waals surface area contributed by atoms with Crippen molar-refractivity contribution in [2.45, 2.75) is 31.8 Å². The molecule has 0 spiro atoms. The molecule has 1 atom stereocenters. The van der Waals surface area contributed by atoms with Crippen molar-refractivity contribution in [2.75, 3.05) is 10.6 Å². The highest BCUT2D eigenvalue weighted by molar-refractivity contribution is 6.30. The first-order chi connectivity index (χ1) is 15.0. The van der Waals surface area contributed by atoms with E-state index in [0.29, 0.717) is 34.2 Å². The maximum Gasteiger partial charge on any atom is 0.326 e. The SMILES string of the molecule is CC(Nc1nc(NC2CC2)n2ncc(/C=C3\NC(=O)NC3=O)c2n1)c1cccc(Cl)c1. The van der Waals surface area contributed by atoms with E-state index < -0.39 is 11.9 Å². The fourth-order valence-electron chi connectivity index (χ4n) is 3.26. The summed E-state index contributed by atoms with van der Waals surface area (Å²) in [5.74, 6) is 0.462. The van der Waals surface area contributed by atoms with Crippen molar-refractivity contribution in [3.05, 3.63) is 52.3 Å². The predicted octanol–water partition coefficient (Wildman–Crippen LogP) is 2.71. The van der Waals surface area contributed by atoms with Crippen molar-refractivity contribution in [3.63, 3.8) is 0 Å². The van der Waals surface area contributed by atoms with Crippen molar-refractivity contribution in [1.29, 1.82) is 0 Å². The average Bonchev–Trinajstić information content (AvgIpc) is 3.37. The summed E-state index contributed by atoms with van der Waals surface area (Å²) in [7, 11) is 0. The monoisotopic (exact) mass is 438 g/mol. The largest absolute Gasteiger partial charge is 0.351 e. The Labute approximate surface area is 182 Å². The first-order valence-corrected chi connectivity index (χ1v) is 10.2. The molecule has 11 heteroatoms. The van der Waals surface area contributed by atoms with Crippen LogP contribution in [0.3, 0.4) is 0 Å². The minimum atomic E-state index is -0.559. The van der Waals surface area contributed by atoms with Crippen molar-refractivity contribution in [2.24, 2.45) is 0 Å². The number of amides is 3. The van der Waals surface area contributed by atoms with Gasteiger partial charge in [-0.2, -0.15) is 19.6 Å². The zero-order valence-corrected chi connectivity index (χ0v) is 17.3. The van der Waals surface area contributed by atoms with E-state index in [1.807, 2.05) is 31.2 Å². The number of carbonyl (C=O) groups is 2. The molecule has 31 heavy (non-hydrogen) atoms. The van der Waals surface area contributed by atoms with Gasteiger partial charge in [0.25, 0.3) is 5.91 Å². The molecule has 0 radical (unpaired) electrons. The number of hydrogen-bond donors (Lipinski definition) is 4. The van der Waals surface area contributed by atoms with E-state index in [4.69, 9.17) is 11.6 Å². The zero-order valence-electron chi connectivity index (χ0n) is 16.5. The van der Waals surface area contributed by atoms with Gasteiger partial charge in [-0.05, 0) is 43.5 Å². The van der Waals surface area contributed by atoms with Gasteiger partial charge >= 0.3 is 6.03 Å². The number of halogens is 1. The Kier molecular flexibility index (Phi) is 4.70. The second-order valence-corrected chi connectivity index (χ2v) is 7.95. The van der Waals surface area contributed by atoms with Gasteiger partial charge in [-0.15, -0.1) is 0 Å². The number of urea groups is 1. The standard InChI is InChI=1S/C20H19ClN8O2/c1-10(11-3-2-4-13(21)7-11)23-18-26-16-12(8-15-17(30)27-20(31)25-15)9-22-29(16)19(28-18)24-14-5-6-14/h2-4,7-10,14H,5-6H2,1H3,(H2,23,24,26,28)(H2,25,27,30,31)/b15-8-. The minimum absolute atomic E-state index is 0.0976. The van der Waals surface area contributed by atoms with Crippen molar-refractivity contribution >= 4 is 47.2 Å². The van der Waals surface area contributed by atoms with Crippen LogP contribution in [-0.4, -0.2) is 37.6 Å². The van der Waals surface area contributed by atoms with E-state index in [9.17, 15) is 9.59 Å². The predicted molar refractivity (Wildman–Crippen MR) is 116 cm³/mol. The molecule has 1 saturated carbocycles. The summed E-state index contributed by atoms with van der Waals surface area (Å²) in [6.45, 7) is 1.99. The van der Waals surface area contributed by atoms with Gasteiger partial charge in [-0.25, -0.2) is 4.79 Å². The summed E-state index contributed by atoms with van der Waals surface area (Å²) in [4.78, 5) is 32.5. The van der Waals surface area contributed by atoms with Crippen LogP contribution in [0.15, 0.2) is 36.2 Å². The molecule has 2 aromatic heterocycles. The van der Waals surface area contributed by atoms with Crippen LogP contribution in [-0.2, 0) is 4.79 Å². The third-order valence-electron chi connectivity index (χ3n) is 5.02. The second kappa shape index (κ2) is 7.55. The zero-order chi connectivity index (χ0) is 21.5. The van der Waals surface area contributed by atoms with Crippen LogP contribution in [0.25, 0.3) is 11.7 Å². The van der Waals surface area contributed by atoms with Crippen molar-refractivity contribution in [3.8, 4) is 0 Å². The molecule has 1 saturated heterocycles. The summed E-state index contributed by atoms with van der Waals surface area (Å²) in [5.41, 5.74) is 2.21. The Morgan fingerprint density at radius 2 is 2.10 bits per heavy atom. The smallest absolute Gasteiger partial charge is 0.326 e. The van der Waals surface area contributed by atoms with Crippen LogP contribution >= 0.6 is 11.6 Å². The minimum Gasteiger partial charge on any atom is -0.351 e. The molecule has 0 bridgehead atoms. The number of carbonyl (C=O) groups excluding carboxylic acids is 2. The summed E-state index contributed by atoms with van der Waals surface area (Å²) < 4.78 is 1.59. The van der Waals surface area contributed by atoms with Gasteiger partial charge in [0.1, 0.15) is 5.70 Å². The number of rotatable bonds is 6. The number of nitrogens with zero attached hydrogens (tertiary/aromatic N) is 4. The van der Waals surface area contributed by atoms with E-state index >= 15 is 0 Å². The van der Waals surface area contributed by atoms with E-state index in [1.54, 1.807) is 16.8 Å². The van der Waals surface area contributed by atoms with E-state index in [2.05, 4.69) is 36.3 Å². The van der Waals surface area contributed by atoms with Crippen LogP contribution in [0, 0.1) is 0 Å². The van der Waals surface area contributed by atoms with E-state index in [-0.39, 0.29) is 11.7 Å². The van der Waals surface area contributed by atoms with Gasteiger partial charge < -0.3 is 16.0 Å². The molecular formula is C20H19ClN8O2. The fraction of sp³-hybridized carbons (Fsp3) is 0.250. The first kappa shape index (κ1) is 19.3. The Morgan fingerprint density at radius 1 is 1.26 bits per heavy atom. The summed E-state index contributed by atoms with van der Waals surface area (Å²) in [6, 6.07) is 7.26. The molecule has 158 valence electrons. The maximum atomic E-state index is 11.9. The molecule has 1 unspecified atom stereocenters. The van der Waals surface area contributed by atoms with E-state index in [0.717, 1.165) is 18.4 Å². The summed E-state index contributed by atoms with van der Waals surface area (Å²) >= 11 is 6.12. The van der Waals surface area contributed by atoms with Gasteiger partial charge in [0, 0.05) is 16.6 Å². The highest BCUT2D eigenvalue weighted by Gasteiger charge is 2.26. The Morgan fingerprint density at radius 3 is 2.81 bits per heavy atom. The van der Waals surface area contributed by atoms with Crippen molar-refractivity contribution in [1.82, 2.24) is 30.2 Å². The van der Waals surface area contributed by atoms with Gasteiger partial charge in [0.05, 0.1) is 12.2 Å². The molecule has 1 aromatic carbocycles. The first-order valence-electron chi connectivity index (χ1n) is 9.84. The molecule has 10 nitrogen and oxygen atoms in total. The molecule has 3 aromatic rings. The molecule has 1 aliphatic carbocycles. The van der Waals surface area contributed by atoms with Crippen LogP contribution in [0.4, 0.5) is 16.7 Å². The molecule has 3 heterocycles. The van der Waals surface area contributed by atoms with Gasteiger partial charge in [-0.3, -0.25) is 10.1 Å². The molecule has 3 amide bonds. The lowest BCUT2D eigenvalue weighted by Crippen LogP contribution is -2.22. The highest BCUT2D eigenvalue weighted by Crippen LogP contribution is 2.27. The Bertz CT molecular complexity index is 1230. The molecule has 2 fully saturated rings. The number of benzene rings is 1. The quantitative estimate of drug-likeness (QED) is 0.344. The fourth-order valence-corrected chi connectivity index (χ4v) is 3.45. The molecule has 5 rings (SSSR count). The van der Waals surface area contributed by atoms with Gasteiger partial charge in [0.2, 0.25) is 11.9 Å². The van der Waals surface area contributed by atoms with Crippen molar-refractivity contribution < 1.29 is 9.59 Å². The van der Waals surface area contributed by atoms with Crippen LogP contribution < -0.4 is 21.3 Å². The van der Waals surface area contributed by atoms with Crippen LogP contribution in [0.2, 0.25) is 5.02 Å². The molecule has 2 aliphatic rings. The summed E-state index contributed by atoms with van der Waals surface area (Å²) in [6.07, 6.45) is 5.26. The lowest BCUT2D eigenvalue weighted by Gasteiger charge is -2.16.